The number of amides is 2. The predicted octanol–water partition coefficient (Wildman–Crippen LogP) is 2.23. The summed E-state index contributed by atoms with van der Waals surface area (Å²) in [5.74, 6) is 2.03. The Bertz CT molecular complexity index is 943. The number of para-hydroxylation sites is 1. The van der Waals surface area contributed by atoms with Gasteiger partial charge < -0.3 is 9.64 Å². The van der Waals surface area contributed by atoms with E-state index in [0.29, 0.717) is 17.0 Å². The molecule has 0 unspecified atom stereocenters. The number of hydrogen-bond acceptors (Lipinski definition) is 4. The number of anilines is 2. The van der Waals surface area contributed by atoms with E-state index in [1.165, 1.54) is 11.1 Å². The molecule has 0 aliphatic carbocycles. The molecule has 0 atom stereocenters. The van der Waals surface area contributed by atoms with Crippen molar-refractivity contribution in [1.82, 2.24) is 5.43 Å². The van der Waals surface area contributed by atoms with Crippen LogP contribution < -0.4 is 20.1 Å². The number of carbonyl (C=O) groups excluding carboxylic acids is 2. The number of benzene rings is 2. The second-order valence-corrected chi connectivity index (χ2v) is 6.08. The van der Waals surface area contributed by atoms with Crippen LogP contribution in [0.2, 0.25) is 0 Å². The first-order valence-corrected chi connectivity index (χ1v) is 8.31. The Kier molecular flexibility index (Phi) is 5.13. The van der Waals surface area contributed by atoms with Crippen molar-refractivity contribution in [3.8, 4) is 18.1 Å². The van der Waals surface area contributed by atoms with Gasteiger partial charge in [-0.2, -0.15) is 0 Å². The minimum absolute atomic E-state index is 0.0296. The SMILES string of the molecule is C#CCOc1cc(N(C)C)ccc1C=C1C(=O)NN(c2ccccc2)C1=O. The fourth-order valence-corrected chi connectivity index (χ4v) is 2.64. The smallest absolute Gasteiger partial charge is 0.282 e. The molecule has 1 aliphatic rings. The Morgan fingerprint density at radius 3 is 2.59 bits per heavy atom. The number of nitrogens with zero attached hydrogens (tertiary/aromatic N) is 2. The summed E-state index contributed by atoms with van der Waals surface area (Å²) in [7, 11) is 3.81. The third kappa shape index (κ3) is 3.77. The van der Waals surface area contributed by atoms with Gasteiger partial charge >= 0.3 is 0 Å². The van der Waals surface area contributed by atoms with Gasteiger partial charge in [0.2, 0.25) is 0 Å². The van der Waals surface area contributed by atoms with Crippen molar-refractivity contribution in [2.45, 2.75) is 0 Å². The van der Waals surface area contributed by atoms with Crippen LogP contribution in [-0.2, 0) is 9.59 Å². The first-order valence-electron chi connectivity index (χ1n) is 8.31. The maximum Gasteiger partial charge on any atom is 0.282 e. The molecule has 6 heteroatoms. The molecule has 0 spiro atoms. The summed E-state index contributed by atoms with van der Waals surface area (Å²) in [6.45, 7) is 0.0866. The third-order valence-electron chi connectivity index (χ3n) is 4.03. The van der Waals surface area contributed by atoms with E-state index in [2.05, 4.69) is 11.3 Å². The van der Waals surface area contributed by atoms with Crippen LogP contribution in [0, 0.1) is 12.3 Å². The molecule has 1 heterocycles. The highest BCUT2D eigenvalue weighted by Gasteiger charge is 2.34. The van der Waals surface area contributed by atoms with Gasteiger partial charge in [-0.1, -0.05) is 24.1 Å². The summed E-state index contributed by atoms with van der Waals surface area (Å²) < 4.78 is 5.61. The van der Waals surface area contributed by atoms with E-state index in [0.717, 1.165) is 5.69 Å². The molecule has 3 rings (SSSR count). The molecule has 6 nitrogen and oxygen atoms in total. The number of ether oxygens (including phenoxy) is 1. The molecule has 2 amide bonds. The molecule has 1 N–H and O–H groups in total. The van der Waals surface area contributed by atoms with Crippen molar-refractivity contribution < 1.29 is 14.3 Å². The lowest BCUT2D eigenvalue weighted by Gasteiger charge is -2.15. The highest BCUT2D eigenvalue weighted by molar-refractivity contribution is 6.31. The molecule has 2 aromatic rings. The molecular weight excluding hydrogens is 342 g/mol. The average Bonchev–Trinajstić information content (AvgIpc) is 2.96. The van der Waals surface area contributed by atoms with Crippen LogP contribution in [0.25, 0.3) is 6.08 Å². The summed E-state index contributed by atoms with van der Waals surface area (Å²) in [5, 5.41) is 1.23. The molecule has 0 bridgehead atoms. The maximum absolute atomic E-state index is 12.7. The van der Waals surface area contributed by atoms with E-state index >= 15 is 0 Å². The highest BCUT2D eigenvalue weighted by Crippen LogP contribution is 2.29. The van der Waals surface area contributed by atoms with Gasteiger partial charge in [0.25, 0.3) is 11.8 Å². The fraction of sp³-hybridized carbons (Fsp3) is 0.143. The lowest BCUT2D eigenvalue weighted by Crippen LogP contribution is -2.35. The fourth-order valence-electron chi connectivity index (χ4n) is 2.64. The van der Waals surface area contributed by atoms with Crippen molar-refractivity contribution in [3.63, 3.8) is 0 Å². The number of nitrogens with one attached hydrogen (secondary N) is 1. The maximum atomic E-state index is 12.7. The average molecular weight is 361 g/mol. The number of hydrazine groups is 1. The summed E-state index contributed by atoms with van der Waals surface area (Å²) in [4.78, 5) is 27.0. The van der Waals surface area contributed by atoms with Crippen LogP contribution in [0.4, 0.5) is 11.4 Å². The third-order valence-corrected chi connectivity index (χ3v) is 4.03. The van der Waals surface area contributed by atoms with E-state index < -0.39 is 11.8 Å². The summed E-state index contributed by atoms with van der Waals surface area (Å²) in [6, 6.07) is 14.4. The Morgan fingerprint density at radius 1 is 1.19 bits per heavy atom. The van der Waals surface area contributed by atoms with E-state index in [1.54, 1.807) is 30.3 Å². The second kappa shape index (κ2) is 7.67. The minimum Gasteiger partial charge on any atom is -0.480 e. The number of hydrogen-bond donors (Lipinski definition) is 1. The Hall–Kier alpha value is -3.72. The first kappa shape index (κ1) is 18.1. The number of rotatable bonds is 5. The quantitative estimate of drug-likeness (QED) is 0.504. The zero-order valence-electron chi connectivity index (χ0n) is 15.1. The summed E-state index contributed by atoms with van der Waals surface area (Å²) >= 11 is 0. The van der Waals surface area contributed by atoms with Crippen LogP contribution in [-0.4, -0.2) is 32.5 Å². The van der Waals surface area contributed by atoms with Gasteiger partial charge in [-0.15, -0.1) is 6.42 Å². The molecule has 136 valence electrons. The molecule has 27 heavy (non-hydrogen) atoms. The van der Waals surface area contributed by atoms with Crippen molar-refractivity contribution in [2.75, 3.05) is 30.6 Å². The number of terminal acetylenes is 1. The lowest BCUT2D eigenvalue weighted by molar-refractivity contribution is -0.117. The summed E-state index contributed by atoms with van der Waals surface area (Å²) in [5.41, 5.74) is 4.71. The zero-order chi connectivity index (χ0) is 19.4. The topological polar surface area (TPSA) is 61.9 Å². The first-order chi connectivity index (χ1) is 13.0. The Labute approximate surface area is 158 Å². The van der Waals surface area contributed by atoms with Crippen LogP contribution in [0.1, 0.15) is 5.56 Å². The lowest BCUT2D eigenvalue weighted by atomic mass is 10.1. The van der Waals surface area contributed by atoms with Crippen molar-refractivity contribution in [2.24, 2.45) is 0 Å². The molecule has 0 radical (unpaired) electrons. The van der Waals surface area contributed by atoms with Crippen molar-refractivity contribution in [3.05, 3.63) is 59.7 Å². The zero-order valence-corrected chi connectivity index (χ0v) is 15.1. The molecule has 2 aromatic carbocycles. The Balaban J connectivity index is 1.97. The van der Waals surface area contributed by atoms with Crippen LogP contribution >= 0.6 is 0 Å². The molecule has 1 aliphatic heterocycles. The predicted molar refractivity (Wildman–Crippen MR) is 105 cm³/mol. The molecule has 1 fully saturated rings. The second-order valence-electron chi connectivity index (χ2n) is 6.08. The standard InChI is InChI=1S/C21H19N3O3/c1-4-12-27-19-14-17(23(2)3)11-10-15(19)13-18-20(25)22-24(21(18)26)16-8-6-5-7-9-16/h1,5-11,13-14H,12H2,2-3H3,(H,22,25). The number of carbonyl (C=O) groups is 2. The van der Waals surface area contributed by atoms with Gasteiger partial charge in [-0.05, 0) is 30.3 Å². The molecule has 0 aromatic heterocycles. The van der Waals surface area contributed by atoms with Crippen molar-refractivity contribution >= 4 is 29.3 Å². The molecular formula is C21H19N3O3. The monoisotopic (exact) mass is 361 g/mol. The highest BCUT2D eigenvalue weighted by atomic mass is 16.5. The van der Waals surface area contributed by atoms with Crippen molar-refractivity contribution in [1.29, 1.82) is 0 Å². The van der Waals surface area contributed by atoms with E-state index in [9.17, 15) is 9.59 Å². The van der Waals surface area contributed by atoms with Gasteiger partial charge in [0.05, 0.1) is 5.69 Å². The van der Waals surface area contributed by atoms with Gasteiger partial charge in [-0.3, -0.25) is 15.0 Å². The molecule has 0 saturated carbocycles. The van der Waals surface area contributed by atoms with Gasteiger partial charge in [-0.25, -0.2) is 5.01 Å². The van der Waals surface area contributed by atoms with E-state index in [1.807, 2.05) is 37.2 Å². The normalized spacial score (nSPS) is 14.9. The van der Waals surface area contributed by atoms with E-state index in [-0.39, 0.29) is 12.2 Å². The van der Waals surface area contributed by atoms with Gasteiger partial charge in [0.1, 0.15) is 17.9 Å². The van der Waals surface area contributed by atoms with Crippen LogP contribution in [0.3, 0.4) is 0 Å². The Morgan fingerprint density at radius 2 is 1.93 bits per heavy atom. The van der Waals surface area contributed by atoms with Crippen LogP contribution in [0.15, 0.2) is 54.1 Å². The van der Waals surface area contributed by atoms with Gasteiger partial charge in [0.15, 0.2) is 0 Å². The largest absolute Gasteiger partial charge is 0.480 e. The molecule has 1 saturated heterocycles. The van der Waals surface area contributed by atoms with E-state index in [4.69, 9.17) is 11.2 Å². The summed E-state index contributed by atoms with van der Waals surface area (Å²) in [6.07, 6.45) is 6.81. The van der Waals surface area contributed by atoms with Crippen LogP contribution in [0.5, 0.6) is 5.75 Å². The minimum atomic E-state index is -0.469. The van der Waals surface area contributed by atoms with Gasteiger partial charge in [0, 0.05) is 31.4 Å².